The van der Waals surface area contributed by atoms with Gasteiger partial charge in [0.1, 0.15) is 0 Å². The minimum absolute atomic E-state index is 0.261. The summed E-state index contributed by atoms with van der Waals surface area (Å²) in [5, 5.41) is 0. The van der Waals surface area contributed by atoms with Crippen LogP contribution in [0.15, 0.2) is 29.2 Å². The van der Waals surface area contributed by atoms with Gasteiger partial charge in [0.05, 0.1) is 4.90 Å². The molecule has 1 rings (SSSR count). The van der Waals surface area contributed by atoms with Crippen LogP contribution in [0.3, 0.4) is 0 Å². The van der Waals surface area contributed by atoms with Crippen molar-refractivity contribution in [3.63, 3.8) is 0 Å². The van der Waals surface area contributed by atoms with E-state index in [0.717, 1.165) is 24.4 Å². The molecule has 0 aliphatic heterocycles. The number of hydrogen-bond donors (Lipinski definition) is 0. The fourth-order valence-corrected chi connectivity index (χ4v) is 6.65. The molecule has 0 saturated carbocycles. The van der Waals surface area contributed by atoms with Crippen LogP contribution in [-0.4, -0.2) is 16.7 Å². The van der Waals surface area contributed by atoms with E-state index in [0.29, 0.717) is 0 Å². The normalized spacial score (nSPS) is 12.7. The third kappa shape index (κ3) is 4.22. The van der Waals surface area contributed by atoms with Gasteiger partial charge in [-0.1, -0.05) is 32.4 Å². The molecule has 0 aromatic heterocycles. The van der Waals surface area contributed by atoms with Gasteiger partial charge in [0.25, 0.3) is 10.1 Å². The molecule has 0 bridgehead atoms. The predicted octanol–water partition coefficient (Wildman–Crippen LogP) is 3.57. The molecular formula is C13H22O3SSi. The van der Waals surface area contributed by atoms with Crippen LogP contribution in [0.4, 0.5) is 0 Å². The summed E-state index contributed by atoms with van der Waals surface area (Å²) in [5.74, 6) is 0. The van der Waals surface area contributed by atoms with Crippen LogP contribution in [0.1, 0.15) is 25.8 Å². The Balaban J connectivity index is 2.92. The van der Waals surface area contributed by atoms with E-state index in [1.165, 1.54) is 0 Å². The maximum atomic E-state index is 12.1. The predicted molar refractivity (Wildman–Crippen MR) is 76.7 cm³/mol. The third-order valence-electron chi connectivity index (χ3n) is 2.81. The highest BCUT2D eigenvalue weighted by Gasteiger charge is 2.29. The van der Waals surface area contributed by atoms with Gasteiger partial charge in [-0.05, 0) is 43.3 Å². The second-order valence-electron chi connectivity index (χ2n) is 5.04. The minimum Gasteiger partial charge on any atom is -0.312 e. The first-order valence-corrected chi connectivity index (χ1v) is 10.9. The monoisotopic (exact) mass is 286 g/mol. The Morgan fingerprint density at radius 1 is 1.11 bits per heavy atom. The summed E-state index contributed by atoms with van der Waals surface area (Å²) >= 11 is 0. The lowest BCUT2D eigenvalue weighted by atomic mass is 10.2. The first-order chi connectivity index (χ1) is 8.30. The van der Waals surface area contributed by atoms with E-state index in [2.05, 4.69) is 0 Å². The second-order valence-corrected chi connectivity index (χ2v) is 11.1. The topological polar surface area (TPSA) is 43.4 Å². The van der Waals surface area contributed by atoms with Crippen LogP contribution in [0.2, 0.25) is 19.1 Å². The first-order valence-electron chi connectivity index (χ1n) is 6.35. The van der Waals surface area contributed by atoms with Gasteiger partial charge in [-0.3, -0.25) is 0 Å². The van der Waals surface area contributed by atoms with Gasteiger partial charge >= 0.3 is 0 Å². The molecule has 0 fully saturated rings. The largest absolute Gasteiger partial charge is 0.312 e. The molecule has 0 atom stereocenters. The quantitative estimate of drug-likeness (QED) is 0.751. The van der Waals surface area contributed by atoms with Crippen LogP contribution in [0.5, 0.6) is 0 Å². The lowest BCUT2D eigenvalue weighted by molar-refractivity contribution is 0.481. The number of benzene rings is 1. The summed E-state index contributed by atoms with van der Waals surface area (Å²) in [5.41, 5.74) is 1.12. The zero-order valence-electron chi connectivity index (χ0n) is 11.6. The Morgan fingerprint density at radius 2 is 1.67 bits per heavy atom. The fraction of sp³-hybridized carbons (Fsp3) is 0.538. The Bertz CT molecular complexity index is 477. The van der Waals surface area contributed by atoms with E-state index in [1.54, 1.807) is 12.1 Å². The van der Waals surface area contributed by atoms with Crippen molar-refractivity contribution in [2.24, 2.45) is 0 Å². The summed E-state index contributed by atoms with van der Waals surface area (Å²) in [6.07, 6.45) is 1.85. The molecule has 0 aliphatic rings. The number of aryl methyl sites for hydroxylation is 1. The van der Waals surface area contributed by atoms with Gasteiger partial charge in [-0.25, -0.2) is 0 Å². The molecule has 102 valence electrons. The van der Waals surface area contributed by atoms with Crippen molar-refractivity contribution in [1.82, 2.24) is 0 Å². The van der Waals surface area contributed by atoms with Crippen LogP contribution < -0.4 is 0 Å². The second kappa shape index (κ2) is 5.99. The van der Waals surface area contributed by atoms with Crippen molar-refractivity contribution in [3.8, 4) is 0 Å². The molecule has 1 aromatic rings. The van der Waals surface area contributed by atoms with E-state index in [-0.39, 0.29) is 4.90 Å². The molecule has 0 unspecified atom stereocenters. The van der Waals surface area contributed by atoms with E-state index < -0.39 is 18.4 Å². The SMILES string of the molecule is CCC[Si](C)(C)OS(=O)(=O)c1ccc(CC)cc1. The zero-order chi connectivity index (χ0) is 13.8. The van der Waals surface area contributed by atoms with E-state index in [4.69, 9.17) is 3.87 Å². The van der Waals surface area contributed by atoms with Gasteiger partial charge < -0.3 is 3.87 Å². The van der Waals surface area contributed by atoms with Crippen LogP contribution in [0.25, 0.3) is 0 Å². The highest BCUT2D eigenvalue weighted by atomic mass is 32.2. The Morgan fingerprint density at radius 3 is 2.11 bits per heavy atom. The van der Waals surface area contributed by atoms with Gasteiger partial charge in [-0.15, -0.1) is 0 Å². The highest BCUT2D eigenvalue weighted by Crippen LogP contribution is 2.22. The van der Waals surface area contributed by atoms with Crippen molar-refractivity contribution < 1.29 is 12.3 Å². The third-order valence-corrected chi connectivity index (χ3v) is 8.04. The number of hydrogen-bond acceptors (Lipinski definition) is 3. The lowest BCUT2D eigenvalue weighted by Gasteiger charge is -2.21. The first kappa shape index (κ1) is 15.4. The average molecular weight is 286 g/mol. The molecule has 0 N–H and O–H groups in total. The van der Waals surface area contributed by atoms with E-state index in [1.807, 2.05) is 39.1 Å². The molecule has 1 aromatic carbocycles. The van der Waals surface area contributed by atoms with Gasteiger partial charge in [0, 0.05) is 0 Å². The lowest BCUT2D eigenvalue weighted by Crippen LogP contribution is -2.33. The van der Waals surface area contributed by atoms with E-state index in [9.17, 15) is 8.42 Å². The van der Waals surface area contributed by atoms with Crippen molar-refractivity contribution in [2.45, 2.75) is 50.7 Å². The minimum atomic E-state index is -3.60. The molecule has 0 aliphatic carbocycles. The van der Waals surface area contributed by atoms with Crippen molar-refractivity contribution in [2.75, 3.05) is 0 Å². The van der Waals surface area contributed by atoms with Crippen molar-refractivity contribution >= 4 is 18.4 Å². The van der Waals surface area contributed by atoms with E-state index >= 15 is 0 Å². The highest BCUT2D eigenvalue weighted by molar-refractivity contribution is 7.87. The summed E-state index contributed by atoms with van der Waals surface area (Å²) in [7, 11) is -5.73. The molecule has 0 heterocycles. The maximum absolute atomic E-state index is 12.1. The van der Waals surface area contributed by atoms with Gasteiger partial charge in [0.2, 0.25) is 8.32 Å². The summed E-state index contributed by atoms with van der Waals surface area (Å²) in [4.78, 5) is 0.261. The van der Waals surface area contributed by atoms with Crippen LogP contribution in [-0.2, 0) is 20.4 Å². The molecular weight excluding hydrogens is 264 g/mol. The summed E-state index contributed by atoms with van der Waals surface area (Å²) < 4.78 is 29.7. The average Bonchev–Trinajstić information content (AvgIpc) is 2.27. The molecule has 3 nitrogen and oxygen atoms in total. The van der Waals surface area contributed by atoms with Gasteiger partial charge in [-0.2, -0.15) is 8.42 Å². The zero-order valence-corrected chi connectivity index (χ0v) is 13.4. The standard InChI is InChI=1S/C13H22O3SSi/c1-5-11-18(3,4)16-17(14,15)13-9-7-12(6-2)8-10-13/h7-10H,5-6,11H2,1-4H3. The van der Waals surface area contributed by atoms with Gasteiger partial charge in [0.15, 0.2) is 0 Å². The summed E-state index contributed by atoms with van der Waals surface area (Å²) in [6, 6.07) is 7.78. The Kier molecular flexibility index (Phi) is 5.13. The smallest absolute Gasteiger partial charge is 0.287 e. The molecule has 0 radical (unpaired) electrons. The molecule has 5 heteroatoms. The molecule has 18 heavy (non-hydrogen) atoms. The van der Waals surface area contributed by atoms with Crippen molar-refractivity contribution in [1.29, 1.82) is 0 Å². The van der Waals surface area contributed by atoms with Crippen LogP contribution >= 0.6 is 0 Å². The van der Waals surface area contributed by atoms with Crippen molar-refractivity contribution in [3.05, 3.63) is 29.8 Å². The maximum Gasteiger partial charge on any atom is 0.287 e. The fourth-order valence-electron chi connectivity index (χ4n) is 1.88. The Hall–Kier alpha value is -0.653. The Labute approximate surface area is 111 Å². The molecule has 0 saturated heterocycles. The number of rotatable bonds is 6. The molecule has 0 amide bonds. The summed E-state index contributed by atoms with van der Waals surface area (Å²) in [6.45, 7) is 7.96. The molecule has 0 spiro atoms. The van der Waals surface area contributed by atoms with Crippen LogP contribution in [0, 0.1) is 0 Å².